The molecule has 148 valence electrons. The van der Waals surface area contributed by atoms with Crippen molar-refractivity contribution in [1.29, 1.82) is 0 Å². The van der Waals surface area contributed by atoms with Gasteiger partial charge >= 0.3 is 0 Å². The maximum Gasteiger partial charge on any atom is 0.257 e. The van der Waals surface area contributed by atoms with E-state index < -0.39 is 0 Å². The first-order valence-electron chi connectivity index (χ1n) is 8.56. The Kier molecular flexibility index (Phi) is 5.74. The van der Waals surface area contributed by atoms with Crippen molar-refractivity contribution in [3.63, 3.8) is 0 Å². The smallest absolute Gasteiger partial charge is 0.257 e. The molecule has 0 saturated carbocycles. The fraction of sp³-hybridized carbons (Fsp3) is 0.158. The number of nitrogens with one attached hydrogen (secondary N) is 1. The highest BCUT2D eigenvalue weighted by Crippen LogP contribution is 2.34. The topological polar surface area (TPSA) is 75.2 Å². The van der Waals surface area contributed by atoms with Gasteiger partial charge in [0.05, 0.1) is 10.0 Å². The van der Waals surface area contributed by atoms with Gasteiger partial charge in [0.1, 0.15) is 5.01 Å². The maximum atomic E-state index is 12.4. The Morgan fingerprint density at radius 1 is 1.07 bits per heavy atom. The number of halogens is 3. The van der Waals surface area contributed by atoms with Crippen molar-refractivity contribution in [3.05, 3.63) is 68.1 Å². The van der Waals surface area contributed by atoms with E-state index in [1.165, 1.54) is 17.4 Å². The van der Waals surface area contributed by atoms with Crippen LogP contribution in [0.3, 0.4) is 0 Å². The van der Waals surface area contributed by atoms with E-state index in [1.54, 1.807) is 29.2 Å². The molecule has 1 atom stereocenters. The van der Waals surface area contributed by atoms with Crippen LogP contribution in [-0.2, 0) is 4.79 Å². The lowest BCUT2D eigenvalue weighted by Crippen LogP contribution is -2.24. The van der Waals surface area contributed by atoms with Crippen molar-refractivity contribution >= 4 is 68.8 Å². The van der Waals surface area contributed by atoms with Gasteiger partial charge in [0.25, 0.3) is 5.91 Å². The number of hydrogen-bond donors (Lipinski definition) is 1. The minimum absolute atomic E-state index is 0.00825. The molecule has 3 aromatic rings. The molecule has 0 aliphatic carbocycles. The first-order valence-corrected chi connectivity index (χ1v) is 10.5. The summed E-state index contributed by atoms with van der Waals surface area (Å²) in [5, 5.41) is 13.2. The summed E-state index contributed by atoms with van der Waals surface area (Å²) in [6.07, 6.45) is 0.331. The Balaban J connectivity index is 1.45. The molecule has 4 rings (SSSR count). The van der Waals surface area contributed by atoms with E-state index in [0.29, 0.717) is 43.7 Å². The molecule has 2 aromatic carbocycles. The molecule has 1 saturated heterocycles. The van der Waals surface area contributed by atoms with E-state index in [1.807, 2.05) is 12.1 Å². The summed E-state index contributed by atoms with van der Waals surface area (Å²) in [6, 6.07) is 11.7. The molecular formula is C19H13Cl3N4O2S. The van der Waals surface area contributed by atoms with Crippen molar-refractivity contribution < 1.29 is 9.59 Å². The van der Waals surface area contributed by atoms with Gasteiger partial charge < -0.3 is 4.90 Å². The SMILES string of the molecule is O=C(Nc1nnc(C2CC(=O)N(c3ccc(Cl)cc3)C2)s1)c1ccc(Cl)c(Cl)c1. The van der Waals surface area contributed by atoms with E-state index in [4.69, 9.17) is 34.8 Å². The predicted octanol–water partition coefficient (Wildman–Crippen LogP) is 5.27. The molecule has 0 radical (unpaired) electrons. The normalized spacial score (nSPS) is 16.3. The van der Waals surface area contributed by atoms with Crippen molar-refractivity contribution in [1.82, 2.24) is 10.2 Å². The fourth-order valence-electron chi connectivity index (χ4n) is 3.00. The number of nitrogens with zero attached hydrogens (tertiary/aromatic N) is 3. The minimum atomic E-state index is -0.364. The first-order chi connectivity index (χ1) is 13.9. The van der Waals surface area contributed by atoms with Gasteiger partial charge in [0, 0.05) is 35.2 Å². The molecule has 1 aliphatic heterocycles. The summed E-state index contributed by atoms with van der Waals surface area (Å²) in [6.45, 7) is 0.496. The second kappa shape index (κ2) is 8.28. The van der Waals surface area contributed by atoms with Crippen LogP contribution in [0.1, 0.15) is 27.7 Å². The second-order valence-electron chi connectivity index (χ2n) is 6.41. The molecule has 1 aromatic heterocycles. The van der Waals surface area contributed by atoms with Crippen molar-refractivity contribution in [2.24, 2.45) is 0 Å². The van der Waals surface area contributed by atoms with Gasteiger partial charge in [-0.3, -0.25) is 14.9 Å². The van der Waals surface area contributed by atoms with E-state index in [-0.39, 0.29) is 17.7 Å². The number of rotatable bonds is 4. The molecule has 2 amide bonds. The van der Waals surface area contributed by atoms with Gasteiger partial charge in [0.15, 0.2) is 0 Å². The Morgan fingerprint density at radius 3 is 2.55 bits per heavy atom. The van der Waals surface area contributed by atoms with Gasteiger partial charge in [-0.25, -0.2) is 0 Å². The Labute approximate surface area is 185 Å². The van der Waals surface area contributed by atoms with Crippen LogP contribution >= 0.6 is 46.1 Å². The lowest BCUT2D eigenvalue weighted by Gasteiger charge is -2.16. The molecular weight excluding hydrogens is 455 g/mol. The van der Waals surface area contributed by atoms with Crippen molar-refractivity contribution in [3.8, 4) is 0 Å². The zero-order valence-electron chi connectivity index (χ0n) is 14.7. The molecule has 6 nitrogen and oxygen atoms in total. The highest BCUT2D eigenvalue weighted by molar-refractivity contribution is 7.15. The van der Waals surface area contributed by atoms with E-state index in [9.17, 15) is 9.59 Å². The summed E-state index contributed by atoms with van der Waals surface area (Å²) in [5.41, 5.74) is 1.15. The number of hydrogen-bond acceptors (Lipinski definition) is 5. The summed E-state index contributed by atoms with van der Waals surface area (Å²) < 4.78 is 0. The zero-order valence-corrected chi connectivity index (χ0v) is 17.8. The van der Waals surface area contributed by atoms with Gasteiger partial charge in [-0.1, -0.05) is 46.1 Å². The van der Waals surface area contributed by atoms with Gasteiger partial charge in [0.2, 0.25) is 11.0 Å². The Hall–Kier alpha value is -2.19. The number of anilines is 2. The number of carbonyl (C=O) groups is 2. The molecule has 1 aliphatic rings. The van der Waals surface area contributed by atoms with Gasteiger partial charge in [-0.2, -0.15) is 0 Å². The van der Waals surface area contributed by atoms with Crippen LogP contribution in [0.4, 0.5) is 10.8 Å². The second-order valence-corrected chi connectivity index (χ2v) is 8.67. The molecule has 29 heavy (non-hydrogen) atoms. The van der Waals surface area contributed by atoms with E-state index in [0.717, 1.165) is 5.69 Å². The Morgan fingerprint density at radius 2 is 1.83 bits per heavy atom. The van der Waals surface area contributed by atoms with Gasteiger partial charge in [-0.15, -0.1) is 10.2 Å². The molecule has 0 spiro atoms. The molecule has 10 heteroatoms. The summed E-state index contributed by atoms with van der Waals surface area (Å²) in [5.74, 6) is -0.447. The third-order valence-electron chi connectivity index (χ3n) is 4.46. The van der Waals surface area contributed by atoms with Crippen LogP contribution in [0.15, 0.2) is 42.5 Å². The van der Waals surface area contributed by atoms with Gasteiger partial charge in [-0.05, 0) is 42.5 Å². The number of aromatic nitrogens is 2. The van der Waals surface area contributed by atoms with Crippen LogP contribution in [0.25, 0.3) is 0 Å². The minimum Gasteiger partial charge on any atom is -0.312 e. The van der Waals surface area contributed by atoms with Crippen LogP contribution in [0.2, 0.25) is 15.1 Å². The fourth-order valence-corrected chi connectivity index (χ4v) is 4.25. The third-order valence-corrected chi connectivity index (χ3v) is 6.45. The summed E-state index contributed by atoms with van der Waals surface area (Å²) in [7, 11) is 0. The average molecular weight is 468 g/mol. The largest absolute Gasteiger partial charge is 0.312 e. The Bertz CT molecular complexity index is 1090. The predicted molar refractivity (Wildman–Crippen MR) is 115 cm³/mol. The average Bonchev–Trinajstić information content (AvgIpc) is 3.31. The van der Waals surface area contributed by atoms with Crippen LogP contribution in [0.5, 0.6) is 0 Å². The third kappa shape index (κ3) is 4.38. The number of carbonyl (C=O) groups excluding carboxylic acids is 2. The van der Waals surface area contributed by atoms with Crippen LogP contribution < -0.4 is 10.2 Å². The van der Waals surface area contributed by atoms with E-state index in [2.05, 4.69) is 15.5 Å². The number of benzene rings is 2. The zero-order chi connectivity index (χ0) is 20.5. The van der Waals surface area contributed by atoms with Crippen molar-refractivity contribution in [2.75, 3.05) is 16.8 Å². The molecule has 2 heterocycles. The quantitative estimate of drug-likeness (QED) is 0.567. The maximum absolute atomic E-state index is 12.4. The van der Waals surface area contributed by atoms with Crippen molar-refractivity contribution in [2.45, 2.75) is 12.3 Å². The van der Waals surface area contributed by atoms with E-state index >= 15 is 0 Å². The lowest BCUT2D eigenvalue weighted by atomic mass is 10.1. The first kappa shape index (κ1) is 20.1. The monoisotopic (exact) mass is 466 g/mol. The molecule has 1 fully saturated rings. The highest BCUT2D eigenvalue weighted by Gasteiger charge is 2.34. The molecule has 0 bridgehead atoms. The molecule has 1 N–H and O–H groups in total. The summed E-state index contributed by atoms with van der Waals surface area (Å²) >= 11 is 19.0. The molecule has 1 unspecified atom stereocenters. The van der Waals surface area contributed by atoms with Crippen LogP contribution in [0, 0.1) is 0 Å². The van der Waals surface area contributed by atoms with Crippen LogP contribution in [-0.4, -0.2) is 28.6 Å². The highest BCUT2D eigenvalue weighted by atomic mass is 35.5. The number of amides is 2. The lowest BCUT2D eigenvalue weighted by molar-refractivity contribution is -0.117. The summed E-state index contributed by atoms with van der Waals surface area (Å²) in [4.78, 5) is 26.5. The standard InChI is InChI=1S/C19H13Cl3N4O2S/c20-12-2-4-13(5-3-12)26-9-11(8-16(26)27)18-24-25-19(29-18)23-17(28)10-1-6-14(21)15(22)7-10/h1-7,11H,8-9H2,(H,23,25,28).